The van der Waals surface area contributed by atoms with Gasteiger partial charge in [0.25, 0.3) is 0 Å². The molecule has 1 heterocycles. The topological polar surface area (TPSA) is 37.3 Å². The van der Waals surface area contributed by atoms with Crippen molar-refractivity contribution in [1.82, 2.24) is 4.98 Å². The van der Waals surface area contributed by atoms with Crippen LogP contribution in [-0.4, -0.2) is 24.0 Å². The highest BCUT2D eigenvalue weighted by Crippen LogP contribution is 2.27. The van der Waals surface area contributed by atoms with Crippen LogP contribution in [0.25, 0.3) is 0 Å². The summed E-state index contributed by atoms with van der Waals surface area (Å²) in [7, 11) is 0. The zero-order valence-corrected chi connectivity index (χ0v) is 15.9. The van der Waals surface area contributed by atoms with E-state index in [9.17, 15) is 0 Å². The molecule has 5 heteroatoms. The van der Waals surface area contributed by atoms with Crippen LogP contribution in [0.4, 0.5) is 11.4 Å². The highest BCUT2D eigenvalue weighted by Gasteiger charge is 2.04. The van der Waals surface area contributed by atoms with Gasteiger partial charge in [-0.25, -0.2) is 4.98 Å². The van der Waals surface area contributed by atoms with Crippen LogP contribution in [0.2, 0.25) is 5.15 Å². The molecule has 2 aromatic carbocycles. The number of benzene rings is 2. The van der Waals surface area contributed by atoms with Crippen molar-refractivity contribution in [1.29, 1.82) is 0 Å². The predicted molar refractivity (Wildman–Crippen MR) is 113 cm³/mol. The monoisotopic (exact) mass is 381 g/mol. The molecule has 3 rings (SSSR count). The fourth-order valence-electron chi connectivity index (χ4n) is 2.63. The van der Waals surface area contributed by atoms with Crippen molar-refractivity contribution < 1.29 is 0 Å². The number of hydrogen-bond acceptors (Lipinski definition) is 4. The van der Waals surface area contributed by atoms with Crippen LogP contribution in [0.5, 0.6) is 0 Å². The third kappa shape index (κ3) is 5.35. The number of nitrogens with zero attached hydrogens (tertiary/aromatic N) is 2. The maximum absolute atomic E-state index is 5.91. The average molecular weight is 382 g/mol. The zero-order valence-electron chi connectivity index (χ0n) is 14.4. The first-order valence-corrected chi connectivity index (χ1v) is 9.73. The van der Waals surface area contributed by atoms with E-state index in [0.29, 0.717) is 5.15 Å². The van der Waals surface area contributed by atoms with E-state index in [1.807, 2.05) is 18.2 Å². The standard InChI is InChI=1S/C21H20ClN3S/c1-23-20-14-17(13-16-5-3-2-4-6-16)7-8-19(20)24-11-12-26-18-9-10-25-21(22)15-18/h2-10,14-15,24H,1,11-13H2. The molecule has 0 bridgehead atoms. The van der Waals surface area contributed by atoms with E-state index >= 15 is 0 Å². The molecule has 0 spiro atoms. The number of hydrogen-bond donors (Lipinski definition) is 1. The van der Waals surface area contributed by atoms with Crippen molar-refractivity contribution in [2.75, 3.05) is 17.6 Å². The van der Waals surface area contributed by atoms with Gasteiger partial charge < -0.3 is 5.32 Å². The maximum atomic E-state index is 5.91. The van der Waals surface area contributed by atoms with Crippen molar-refractivity contribution in [3.8, 4) is 0 Å². The Kier molecular flexibility index (Phi) is 6.69. The molecule has 0 saturated carbocycles. The maximum Gasteiger partial charge on any atom is 0.130 e. The molecule has 1 aromatic heterocycles. The second-order valence-electron chi connectivity index (χ2n) is 5.76. The zero-order chi connectivity index (χ0) is 18.2. The Morgan fingerprint density at radius 3 is 2.65 bits per heavy atom. The molecule has 3 nitrogen and oxygen atoms in total. The smallest absolute Gasteiger partial charge is 0.130 e. The van der Waals surface area contributed by atoms with Crippen molar-refractivity contribution in [3.05, 3.63) is 83.1 Å². The van der Waals surface area contributed by atoms with Crippen molar-refractivity contribution in [3.63, 3.8) is 0 Å². The van der Waals surface area contributed by atoms with Gasteiger partial charge in [-0.2, -0.15) is 0 Å². The Bertz CT molecular complexity index is 868. The van der Waals surface area contributed by atoms with Gasteiger partial charge in [0.05, 0.1) is 11.4 Å². The lowest BCUT2D eigenvalue weighted by Gasteiger charge is -2.11. The van der Waals surface area contributed by atoms with Gasteiger partial charge in [0.1, 0.15) is 5.15 Å². The second-order valence-corrected chi connectivity index (χ2v) is 7.32. The van der Waals surface area contributed by atoms with Gasteiger partial charge in [0.2, 0.25) is 0 Å². The molecule has 0 fully saturated rings. The quantitative estimate of drug-likeness (QED) is 0.230. The summed E-state index contributed by atoms with van der Waals surface area (Å²) >= 11 is 7.65. The van der Waals surface area contributed by atoms with Crippen molar-refractivity contribution in [2.45, 2.75) is 11.3 Å². The number of thioether (sulfide) groups is 1. The highest BCUT2D eigenvalue weighted by atomic mass is 35.5. The van der Waals surface area contributed by atoms with Gasteiger partial charge >= 0.3 is 0 Å². The predicted octanol–water partition coefficient (Wildman–Crippen LogP) is 5.86. The summed E-state index contributed by atoms with van der Waals surface area (Å²) in [6.45, 7) is 4.53. The Labute approximate surface area is 163 Å². The molecule has 0 saturated heterocycles. The van der Waals surface area contributed by atoms with Crippen LogP contribution < -0.4 is 5.32 Å². The summed E-state index contributed by atoms with van der Waals surface area (Å²) in [6.07, 6.45) is 2.62. The number of anilines is 1. The van der Waals surface area contributed by atoms with Crippen LogP contribution >= 0.6 is 23.4 Å². The molecular formula is C21H20ClN3S. The largest absolute Gasteiger partial charge is 0.382 e. The summed E-state index contributed by atoms with van der Waals surface area (Å²) in [4.78, 5) is 9.29. The highest BCUT2D eigenvalue weighted by molar-refractivity contribution is 7.99. The van der Waals surface area contributed by atoms with E-state index in [1.54, 1.807) is 18.0 Å². The minimum Gasteiger partial charge on any atom is -0.382 e. The number of aromatic nitrogens is 1. The minimum atomic E-state index is 0.523. The van der Waals surface area contributed by atoms with E-state index in [2.05, 4.69) is 64.5 Å². The first-order valence-electron chi connectivity index (χ1n) is 8.36. The number of rotatable bonds is 8. The molecule has 0 aliphatic heterocycles. The van der Waals surface area contributed by atoms with Crippen molar-refractivity contribution in [2.24, 2.45) is 4.99 Å². The molecule has 3 aromatic rings. The molecular weight excluding hydrogens is 362 g/mol. The molecule has 1 N–H and O–H groups in total. The number of nitrogens with one attached hydrogen (secondary N) is 1. The first-order chi connectivity index (χ1) is 12.7. The van der Waals surface area contributed by atoms with Crippen LogP contribution in [0.1, 0.15) is 11.1 Å². The molecule has 132 valence electrons. The molecule has 0 unspecified atom stereocenters. The lowest BCUT2D eigenvalue weighted by atomic mass is 10.0. The molecule has 0 radical (unpaired) electrons. The normalized spacial score (nSPS) is 10.5. The number of aliphatic imine (C=N–C) groups is 1. The summed E-state index contributed by atoms with van der Waals surface area (Å²) in [6, 6.07) is 20.6. The molecule has 26 heavy (non-hydrogen) atoms. The molecule has 0 atom stereocenters. The van der Waals surface area contributed by atoms with Gasteiger partial charge in [-0.15, -0.1) is 11.8 Å². The molecule has 0 aliphatic rings. The number of pyridine rings is 1. The van der Waals surface area contributed by atoms with E-state index in [0.717, 1.165) is 35.0 Å². The Hall–Kier alpha value is -2.30. The van der Waals surface area contributed by atoms with Crippen LogP contribution in [0.15, 0.2) is 76.7 Å². The Balaban J connectivity index is 1.56. The minimum absolute atomic E-state index is 0.523. The fourth-order valence-corrected chi connectivity index (χ4v) is 3.66. The van der Waals surface area contributed by atoms with Gasteiger partial charge in [-0.05, 0) is 48.5 Å². The Morgan fingerprint density at radius 2 is 1.88 bits per heavy atom. The first kappa shape index (κ1) is 18.5. The average Bonchev–Trinajstić information content (AvgIpc) is 2.67. The van der Waals surface area contributed by atoms with Crippen LogP contribution in [-0.2, 0) is 6.42 Å². The lowest BCUT2D eigenvalue weighted by Crippen LogP contribution is -2.04. The van der Waals surface area contributed by atoms with E-state index in [-0.39, 0.29) is 0 Å². The van der Waals surface area contributed by atoms with E-state index in [4.69, 9.17) is 11.6 Å². The second kappa shape index (κ2) is 9.41. The SMILES string of the molecule is C=Nc1cc(Cc2ccccc2)ccc1NCCSc1ccnc(Cl)c1. The van der Waals surface area contributed by atoms with Gasteiger partial charge in [0, 0.05) is 23.4 Å². The van der Waals surface area contributed by atoms with Crippen molar-refractivity contribution >= 4 is 41.5 Å². The molecule has 0 amide bonds. The summed E-state index contributed by atoms with van der Waals surface area (Å²) in [5.41, 5.74) is 4.40. The number of halogens is 1. The Morgan fingerprint density at radius 1 is 1.04 bits per heavy atom. The third-order valence-electron chi connectivity index (χ3n) is 3.87. The van der Waals surface area contributed by atoms with Crippen LogP contribution in [0.3, 0.4) is 0 Å². The third-order valence-corrected chi connectivity index (χ3v) is 5.07. The van der Waals surface area contributed by atoms with Gasteiger partial charge in [-0.3, -0.25) is 4.99 Å². The van der Waals surface area contributed by atoms with E-state index < -0.39 is 0 Å². The van der Waals surface area contributed by atoms with Crippen LogP contribution in [0, 0.1) is 0 Å². The van der Waals surface area contributed by atoms with E-state index in [1.165, 1.54) is 11.1 Å². The summed E-state index contributed by atoms with van der Waals surface area (Å²) < 4.78 is 0. The van der Waals surface area contributed by atoms with Gasteiger partial charge in [0.15, 0.2) is 0 Å². The molecule has 0 aliphatic carbocycles. The summed E-state index contributed by atoms with van der Waals surface area (Å²) in [5, 5.41) is 3.96. The summed E-state index contributed by atoms with van der Waals surface area (Å²) in [5.74, 6) is 0.919. The fraction of sp³-hybridized carbons (Fsp3) is 0.143. The lowest BCUT2D eigenvalue weighted by molar-refractivity contribution is 1.18. The van der Waals surface area contributed by atoms with Gasteiger partial charge in [-0.1, -0.05) is 48.0 Å².